The second-order valence-electron chi connectivity index (χ2n) is 6.19. The molecule has 0 spiro atoms. The first-order valence-corrected chi connectivity index (χ1v) is 9.07. The summed E-state index contributed by atoms with van der Waals surface area (Å²) in [4.78, 5) is -0.0238. The third-order valence-electron chi connectivity index (χ3n) is 4.64. The molecule has 2 heterocycles. The zero-order chi connectivity index (χ0) is 16.8. The molecule has 0 amide bonds. The zero-order valence-electron chi connectivity index (χ0n) is 12.7. The van der Waals surface area contributed by atoms with Crippen molar-refractivity contribution in [1.29, 1.82) is 0 Å². The lowest BCUT2D eigenvalue weighted by Gasteiger charge is -2.27. The standard InChI is InChI=1S/C15H19F3N2O2S/c1-10-8-11(15(16,17)18)2-5-14(10)23(21,22)20-12-3-4-13(20)9-19-7-6-12/h2,5,8,12-13,19H,3-4,6-7,9H2,1H3. The number of hydrogen-bond donors (Lipinski definition) is 1. The molecule has 23 heavy (non-hydrogen) atoms. The minimum absolute atomic E-state index is 0.0238. The Kier molecular flexibility index (Phi) is 4.18. The maximum absolute atomic E-state index is 13.0. The van der Waals surface area contributed by atoms with Gasteiger partial charge in [-0.2, -0.15) is 17.5 Å². The summed E-state index contributed by atoms with van der Waals surface area (Å²) in [5, 5.41) is 3.22. The van der Waals surface area contributed by atoms with Crippen molar-refractivity contribution < 1.29 is 21.6 Å². The van der Waals surface area contributed by atoms with Gasteiger partial charge in [0.2, 0.25) is 10.0 Å². The summed E-state index contributed by atoms with van der Waals surface area (Å²) in [7, 11) is -3.79. The van der Waals surface area contributed by atoms with Gasteiger partial charge < -0.3 is 5.32 Å². The largest absolute Gasteiger partial charge is 0.416 e. The van der Waals surface area contributed by atoms with E-state index in [4.69, 9.17) is 0 Å². The van der Waals surface area contributed by atoms with Crippen molar-refractivity contribution in [3.8, 4) is 0 Å². The molecule has 2 aliphatic rings. The van der Waals surface area contributed by atoms with Crippen LogP contribution in [0, 0.1) is 6.92 Å². The molecule has 2 aliphatic heterocycles. The van der Waals surface area contributed by atoms with Crippen molar-refractivity contribution in [3.05, 3.63) is 29.3 Å². The van der Waals surface area contributed by atoms with Gasteiger partial charge in [-0.15, -0.1) is 0 Å². The minimum Gasteiger partial charge on any atom is -0.315 e. The molecule has 8 heteroatoms. The summed E-state index contributed by atoms with van der Waals surface area (Å²) >= 11 is 0. The Morgan fingerprint density at radius 3 is 2.52 bits per heavy atom. The highest BCUT2D eigenvalue weighted by Crippen LogP contribution is 2.36. The van der Waals surface area contributed by atoms with Crippen molar-refractivity contribution in [2.75, 3.05) is 13.1 Å². The molecule has 3 rings (SSSR count). The molecule has 0 saturated carbocycles. The molecule has 1 aromatic carbocycles. The number of alkyl halides is 3. The molecule has 1 N–H and O–H groups in total. The van der Waals surface area contributed by atoms with E-state index in [2.05, 4.69) is 5.32 Å². The van der Waals surface area contributed by atoms with Crippen LogP contribution in [0.4, 0.5) is 13.2 Å². The van der Waals surface area contributed by atoms with E-state index in [1.165, 1.54) is 11.2 Å². The first-order chi connectivity index (χ1) is 10.7. The van der Waals surface area contributed by atoms with Crippen molar-refractivity contribution in [1.82, 2.24) is 9.62 Å². The van der Waals surface area contributed by atoms with Gasteiger partial charge in [-0.1, -0.05) is 0 Å². The molecule has 0 aromatic heterocycles. The van der Waals surface area contributed by atoms with Crippen LogP contribution in [0.2, 0.25) is 0 Å². The van der Waals surface area contributed by atoms with Crippen molar-refractivity contribution in [2.24, 2.45) is 0 Å². The molecule has 0 radical (unpaired) electrons. The molecule has 0 aliphatic carbocycles. The fraction of sp³-hybridized carbons (Fsp3) is 0.600. The number of aryl methyl sites for hydroxylation is 1. The SMILES string of the molecule is Cc1cc(C(F)(F)F)ccc1S(=O)(=O)N1C2CCNCC1CC2. The highest BCUT2D eigenvalue weighted by atomic mass is 32.2. The van der Waals surface area contributed by atoms with Crippen LogP contribution in [0.15, 0.2) is 23.1 Å². The van der Waals surface area contributed by atoms with Gasteiger partial charge in [0.1, 0.15) is 0 Å². The van der Waals surface area contributed by atoms with Crippen LogP contribution in [-0.4, -0.2) is 37.9 Å². The maximum atomic E-state index is 13.0. The number of nitrogens with zero attached hydrogens (tertiary/aromatic N) is 1. The minimum atomic E-state index is -4.47. The zero-order valence-corrected chi connectivity index (χ0v) is 13.5. The van der Waals surface area contributed by atoms with Gasteiger partial charge in [-0.05, 0) is 56.5 Å². The predicted molar refractivity (Wildman–Crippen MR) is 79.5 cm³/mol. The Balaban J connectivity index is 2.00. The highest BCUT2D eigenvalue weighted by molar-refractivity contribution is 7.89. The fourth-order valence-corrected chi connectivity index (χ4v) is 5.67. The number of hydrogen-bond acceptors (Lipinski definition) is 3. The molecule has 1 aromatic rings. The molecule has 2 fully saturated rings. The van der Waals surface area contributed by atoms with Gasteiger partial charge >= 0.3 is 6.18 Å². The van der Waals surface area contributed by atoms with E-state index < -0.39 is 21.8 Å². The number of fused-ring (bicyclic) bond motifs is 2. The number of nitrogens with one attached hydrogen (secondary N) is 1. The van der Waals surface area contributed by atoms with E-state index >= 15 is 0 Å². The lowest BCUT2D eigenvalue weighted by atomic mass is 10.1. The number of rotatable bonds is 2. The van der Waals surface area contributed by atoms with Gasteiger partial charge in [0.25, 0.3) is 0 Å². The number of halogens is 3. The lowest BCUT2D eigenvalue weighted by molar-refractivity contribution is -0.137. The smallest absolute Gasteiger partial charge is 0.315 e. The van der Waals surface area contributed by atoms with E-state index in [0.717, 1.165) is 44.0 Å². The quantitative estimate of drug-likeness (QED) is 0.894. The van der Waals surface area contributed by atoms with Crippen LogP contribution in [-0.2, 0) is 16.2 Å². The second-order valence-corrected chi connectivity index (χ2v) is 8.00. The second kappa shape index (κ2) is 5.75. The predicted octanol–water partition coefficient (Wildman–Crippen LogP) is 2.53. The van der Waals surface area contributed by atoms with Gasteiger partial charge in [0.15, 0.2) is 0 Å². The van der Waals surface area contributed by atoms with E-state index in [1.807, 2.05) is 0 Å². The molecular weight excluding hydrogens is 329 g/mol. The molecule has 2 saturated heterocycles. The third kappa shape index (κ3) is 2.99. The molecule has 2 unspecified atom stereocenters. The Hall–Kier alpha value is -1.12. The average Bonchev–Trinajstić information content (AvgIpc) is 2.71. The number of sulfonamides is 1. The summed E-state index contributed by atoms with van der Waals surface area (Å²) < 4.78 is 65.8. The molecular formula is C15H19F3N2O2S. The lowest BCUT2D eigenvalue weighted by Crippen LogP contribution is -2.42. The first kappa shape index (κ1) is 16.7. The van der Waals surface area contributed by atoms with E-state index in [1.54, 1.807) is 0 Å². The molecule has 4 nitrogen and oxygen atoms in total. The van der Waals surface area contributed by atoms with E-state index in [-0.39, 0.29) is 22.5 Å². The van der Waals surface area contributed by atoms with E-state index in [0.29, 0.717) is 6.54 Å². The van der Waals surface area contributed by atoms with Gasteiger partial charge in [0, 0.05) is 18.6 Å². The summed E-state index contributed by atoms with van der Waals surface area (Å²) in [5.41, 5.74) is -0.689. The van der Waals surface area contributed by atoms with E-state index in [9.17, 15) is 21.6 Å². The Morgan fingerprint density at radius 1 is 1.17 bits per heavy atom. The van der Waals surface area contributed by atoms with Crippen molar-refractivity contribution >= 4 is 10.0 Å². The summed E-state index contributed by atoms with van der Waals surface area (Å²) in [6.45, 7) is 2.77. The van der Waals surface area contributed by atoms with Crippen LogP contribution in [0.5, 0.6) is 0 Å². The highest BCUT2D eigenvalue weighted by Gasteiger charge is 2.43. The summed E-state index contributed by atoms with van der Waals surface area (Å²) in [6, 6.07) is 2.66. The Labute approximate surface area is 133 Å². The van der Waals surface area contributed by atoms with Crippen LogP contribution in [0.1, 0.15) is 30.4 Å². The van der Waals surface area contributed by atoms with Crippen molar-refractivity contribution in [2.45, 2.75) is 49.3 Å². The monoisotopic (exact) mass is 348 g/mol. The molecule has 2 atom stereocenters. The van der Waals surface area contributed by atoms with Crippen LogP contribution < -0.4 is 5.32 Å². The summed E-state index contributed by atoms with van der Waals surface area (Å²) in [6.07, 6.45) is -2.14. The Morgan fingerprint density at radius 2 is 1.87 bits per heavy atom. The van der Waals surface area contributed by atoms with Crippen LogP contribution in [0.25, 0.3) is 0 Å². The van der Waals surface area contributed by atoms with Crippen molar-refractivity contribution in [3.63, 3.8) is 0 Å². The topological polar surface area (TPSA) is 49.4 Å². The first-order valence-electron chi connectivity index (χ1n) is 7.63. The third-order valence-corrected chi connectivity index (χ3v) is 6.81. The molecule has 2 bridgehead atoms. The average molecular weight is 348 g/mol. The molecule has 128 valence electrons. The summed E-state index contributed by atoms with van der Waals surface area (Å²) in [5.74, 6) is 0. The van der Waals surface area contributed by atoms with Crippen LogP contribution in [0.3, 0.4) is 0 Å². The Bertz CT molecular complexity index is 689. The van der Waals surface area contributed by atoms with Gasteiger partial charge in [-0.25, -0.2) is 8.42 Å². The fourth-order valence-electron chi connectivity index (χ4n) is 3.56. The number of benzene rings is 1. The van der Waals surface area contributed by atoms with Gasteiger partial charge in [0.05, 0.1) is 10.5 Å². The normalized spacial score (nSPS) is 26.3. The van der Waals surface area contributed by atoms with Gasteiger partial charge in [-0.3, -0.25) is 0 Å². The maximum Gasteiger partial charge on any atom is 0.416 e. The van der Waals surface area contributed by atoms with Crippen LogP contribution >= 0.6 is 0 Å².